The van der Waals surface area contributed by atoms with E-state index < -0.39 is 5.97 Å². The maximum absolute atomic E-state index is 12.0. The molecule has 0 saturated heterocycles. The Morgan fingerprint density at radius 1 is 1.09 bits per heavy atom. The van der Waals surface area contributed by atoms with Crippen LogP contribution in [0.4, 0.5) is 11.4 Å². The van der Waals surface area contributed by atoms with Crippen molar-refractivity contribution in [1.82, 2.24) is 0 Å². The lowest BCUT2D eigenvalue weighted by atomic mass is 10.2. The molecule has 0 unspecified atom stereocenters. The number of amides is 1. The highest BCUT2D eigenvalue weighted by Gasteiger charge is 2.11. The minimum atomic E-state index is -0.403. The largest absolute Gasteiger partial charge is 0.465 e. The molecule has 0 radical (unpaired) electrons. The summed E-state index contributed by atoms with van der Waals surface area (Å²) in [6.07, 6.45) is 3.71. The smallest absolute Gasteiger partial charge is 0.337 e. The summed E-state index contributed by atoms with van der Waals surface area (Å²) in [4.78, 5) is 25.4. The summed E-state index contributed by atoms with van der Waals surface area (Å²) in [5.74, 6) is -0.544. The van der Waals surface area contributed by atoms with E-state index >= 15 is 0 Å². The van der Waals surface area contributed by atoms with E-state index in [1.807, 2.05) is 43.5 Å². The zero-order valence-electron chi connectivity index (χ0n) is 13.4. The molecular formula is C17H20N3O3+. The molecule has 23 heavy (non-hydrogen) atoms. The number of nitrogens with one attached hydrogen (secondary N) is 1. The van der Waals surface area contributed by atoms with Crippen LogP contribution in [0.2, 0.25) is 0 Å². The van der Waals surface area contributed by atoms with Crippen LogP contribution in [0.25, 0.3) is 0 Å². The van der Waals surface area contributed by atoms with Crippen LogP contribution in [0.1, 0.15) is 10.4 Å². The minimum Gasteiger partial charge on any atom is -0.465 e. The zero-order valence-corrected chi connectivity index (χ0v) is 13.4. The van der Waals surface area contributed by atoms with Crippen molar-refractivity contribution < 1.29 is 18.9 Å². The molecule has 1 N–H and O–H groups in total. The average Bonchev–Trinajstić information content (AvgIpc) is 2.55. The van der Waals surface area contributed by atoms with Gasteiger partial charge in [-0.15, -0.1) is 0 Å². The molecule has 120 valence electrons. The first-order chi connectivity index (χ1) is 11.0. The summed E-state index contributed by atoms with van der Waals surface area (Å²) in [7, 11) is 5.26. The third-order valence-corrected chi connectivity index (χ3v) is 3.31. The fourth-order valence-corrected chi connectivity index (χ4v) is 2.03. The quantitative estimate of drug-likeness (QED) is 0.670. The number of benzene rings is 1. The zero-order chi connectivity index (χ0) is 16.8. The Balaban J connectivity index is 1.95. The third-order valence-electron chi connectivity index (χ3n) is 3.31. The number of carbonyl (C=O) groups excluding carboxylic acids is 2. The molecule has 6 nitrogen and oxygen atoms in total. The second kappa shape index (κ2) is 7.40. The fraction of sp³-hybridized carbons (Fsp3) is 0.235. The first-order valence-corrected chi connectivity index (χ1v) is 7.14. The number of ether oxygens (including phenoxy) is 1. The Morgan fingerprint density at radius 2 is 1.70 bits per heavy atom. The first kappa shape index (κ1) is 16.5. The van der Waals surface area contributed by atoms with Gasteiger partial charge in [-0.1, -0.05) is 0 Å². The molecule has 6 heteroatoms. The van der Waals surface area contributed by atoms with E-state index in [1.165, 1.54) is 7.11 Å². The maximum atomic E-state index is 12.0. The van der Waals surface area contributed by atoms with Crippen molar-refractivity contribution in [1.29, 1.82) is 0 Å². The molecule has 1 heterocycles. The predicted molar refractivity (Wildman–Crippen MR) is 87.4 cm³/mol. The van der Waals surface area contributed by atoms with E-state index in [4.69, 9.17) is 0 Å². The Morgan fingerprint density at radius 3 is 2.22 bits per heavy atom. The van der Waals surface area contributed by atoms with Crippen LogP contribution in [-0.2, 0) is 16.1 Å². The van der Waals surface area contributed by atoms with Crippen LogP contribution in [0.3, 0.4) is 0 Å². The van der Waals surface area contributed by atoms with Gasteiger partial charge in [-0.3, -0.25) is 4.79 Å². The lowest BCUT2D eigenvalue weighted by molar-refractivity contribution is -0.684. The molecule has 0 atom stereocenters. The second-order valence-corrected chi connectivity index (χ2v) is 5.24. The molecule has 2 rings (SSSR count). The summed E-state index contributed by atoms with van der Waals surface area (Å²) in [6, 6.07) is 10.5. The molecule has 0 aliphatic heterocycles. The highest BCUT2D eigenvalue weighted by Crippen LogP contribution is 2.10. The van der Waals surface area contributed by atoms with Gasteiger partial charge < -0.3 is 15.0 Å². The number of hydrogen-bond donors (Lipinski definition) is 1. The van der Waals surface area contributed by atoms with Crippen LogP contribution in [-0.4, -0.2) is 33.1 Å². The van der Waals surface area contributed by atoms with Gasteiger partial charge in [-0.2, -0.15) is 4.57 Å². The van der Waals surface area contributed by atoms with E-state index in [2.05, 4.69) is 10.1 Å². The molecule has 0 fully saturated rings. The van der Waals surface area contributed by atoms with Gasteiger partial charge in [0.2, 0.25) is 6.54 Å². The summed E-state index contributed by atoms with van der Waals surface area (Å²) < 4.78 is 6.43. The summed E-state index contributed by atoms with van der Waals surface area (Å²) in [6.45, 7) is 0.215. The van der Waals surface area contributed by atoms with Gasteiger partial charge in [0.05, 0.1) is 12.7 Å². The normalized spacial score (nSPS) is 10.0. The number of esters is 1. The first-order valence-electron chi connectivity index (χ1n) is 7.14. The number of nitrogens with zero attached hydrogens (tertiary/aromatic N) is 2. The van der Waals surface area contributed by atoms with Gasteiger partial charge in [0.15, 0.2) is 12.4 Å². The number of aromatic nitrogens is 1. The van der Waals surface area contributed by atoms with Gasteiger partial charge in [0.25, 0.3) is 5.91 Å². The third kappa shape index (κ3) is 4.54. The van der Waals surface area contributed by atoms with Crippen LogP contribution in [0.5, 0.6) is 0 Å². The van der Waals surface area contributed by atoms with Gasteiger partial charge in [0, 0.05) is 37.6 Å². The summed E-state index contributed by atoms with van der Waals surface area (Å²) in [5.41, 5.74) is 2.15. The number of carbonyl (C=O) groups is 2. The van der Waals surface area contributed by atoms with E-state index in [9.17, 15) is 9.59 Å². The van der Waals surface area contributed by atoms with Crippen LogP contribution in [0, 0.1) is 0 Å². The molecule has 0 aliphatic rings. The Hall–Kier alpha value is -2.89. The van der Waals surface area contributed by atoms with Crippen molar-refractivity contribution in [3.05, 3.63) is 54.4 Å². The highest BCUT2D eigenvalue weighted by molar-refractivity contribution is 5.92. The van der Waals surface area contributed by atoms with Crippen LogP contribution < -0.4 is 14.8 Å². The Labute approximate surface area is 135 Å². The molecule has 0 spiro atoms. The van der Waals surface area contributed by atoms with Crippen molar-refractivity contribution in [3.8, 4) is 0 Å². The molecule has 2 aromatic rings. The Bertz CT molecular complexity index is 679. The van der Waals surface area contributed by atoms with Crippen molar-refractivity contribution in [2.24, 2.45) is 0 Å². The monoisotopic (exact) mass is 314 g/mol. The maximum Gasteiger partial charge on any atom is 0.337 e. The standard InChI is InChI=1S/C17H19N3O3/c1-19(2)15-8-10-20(11-9-15)12-16(21)18-14-6-4-13(5-7-14)17(22)23-3/h4-11H,12H2,1-3H3/p+1. The number of methoxy groups -OCH3 is 1. The highest BCUT2D eigenvalue weighted by atomic mass is 16.5. The minimum absolute atomic E-state index is 0.140. The Kier molecular flexibility index (Phi) is 5.30. The number of anilines is 2. The van der Waals surface area contributed by atoms with Gasteiger partial charge in [-0.05, 0) is 24.3 Å². The topological polar surface area (TPSA) is 62.5 Å². The van der Waals surface area contributed by atoms with Gasteiger partial charge >= 0.3 is 5.97 Å². The average molecular weight is 314 g/mol. The number of rotatable bonds is 5. The SMILES string of the molecule is COC(=O)c1ccc(NC(=O)C[n+]2ccc(N(C)C)cc2)cc1. The summed E-state index contributed by atoms with van der Waals surface area (Å²) in [5, 5.41) is 2.79. The van der Waals surface area contributed by atoms with Gasteiger partial charge in [-0.25, -0.2) is 4.79 Å². The van der Waals surface area contributed by atoms with E-state index in [1.54, 1.807) is 28.8 Å². The van der Waals surface area contributed by atoms with Gasteiger partial charge in [0.1, 0.15) is 0 Å². The van der Waals surface area contributed by atoms with E-state index in [-0.39, 0.29) is 12.5 Å². The lowest BCUT2D eigenvalue weighted by Crippen LogP contribution is -2.39. The summed E-state index contributed by atoms with van der Waals surface area (Å²) >= 11 is 0. The van der Waals surface area contributed by atoms with Crippen LogP contribution >= 0.6 is 0 Å². The molecule has 1 aromatic heterocycles. The molecule has 1 amide bonds. The lowest BCUT2D eigenvalue weighted by Gasteiger charge is -2.10. The molecule has 1 aromatic carbocycles. The molecule has 0 saturated carbocycles. The fourth-order valence-electron chi connectivity index (χ4n) is 2.03. The van der Waals surface area contributed by atoms with E-state index in [0.717, 1.165) is 5.69 Å². The van der Waals surface area contributed by atoms with Crippen molar-refractivity contribution in [2.75, 3.05) is 31.4 Å². The predicted octanol–water partition coefficient (Wildman–Crippen LogP) is 1.47. The number of hydrogen-bond acceptors (Lipinski definition) is 4. The van der Waals surface area contributed by atoms with Crippen molar-refractivity contribution in [2.45, 2.75) is 6.54 Å². The molecule has 0 bridgehead atoms. The molecule has 0 aliphatic carbocycles. The number of pyridine rings is 1. The van der Waals surface area contributed by atoms with E-state index in [0.29, 0.717) is 11.3 Å². The van der Waals surface area contributed by atoms with Crippen molar-refractivity contribution in [3.63, 3.8) is 0 Å². The molecular weight excluding hydrogens is 294 g/mol. The second-order valence-electron chi connectivity index (χ2n) is 5.24. The van der Waals surface area contributed by atoms with Crippen LogP contribution in [0.15, 0.2) is 48.8 Å². The van der Waals surface area contributed by atoms with Crippen molar-refractivity contribution >= 4 is 23.3 Å².